The van der Waals surface area contributed by atoms with Gasteiger partial charge in [0.25, 0.3) is 5.91 Å². The normalized spacial score (nSPS) is 22.9. The SMILES string of the molecule is CON(C)C(=O)C1=C[C@@H](OC(C)=O)[C@H](OC(C)=O)[C@H](OC(C)=O)C1. The minimum absolute atomic E-state index is 0.0121. The van der Waals surface area contributed by atoms with Crippen LogP contribution in [0.3, 0.4) is 0 Å². The highest BCUT2D eigenvalue weighted by Gasteiger charge is 2.41. The molecule has 0 N–H and O–H groups in total. The van der Waals surface area contributed by atoms with E-state index < -0.39 is 42.1 Å². The number of ether oxygens (including phenoxy) is 3. The maximum Gasteiger partial charge on any atom is 0.303 e. The fraction of sp³-hybridized carbons (Fsp3) is 0.600. The van der Waals surface area contributed by atoms with Gasteiger partial charge in [0.15, 0.2) is 12.2 Å². The molecule has 1 amide bonds. The Bertz CT molecular complexity index is 556. The third kappa shape index (κ3) is 5.34. The van der Waals surface area contributed by atoms with Crippen LogP contribution in [0.15, 0.2) is 11.6 Å². The summed E-state index contributed by atoms with van der Waals surface area (Å²) in [6, 6.07) is 0. The zero-order valence-electron chi connectivity index (χ0n) is 14.2. The number of esters is 3. The number of likely N-dealkylation sites (N-methyl/N-ethyl adjacent to an activating group) is 1. The number of hydrogen-bond acceptors (Lipinski definition) is 8. The van der Waals surface area contributed by atoms with Crippen LogP contribution in [-0.4, -0.2) is 61.3 Å². The van der Waals surface area contributed by atoms with Gasteiger partial charge in [0.1, 0.15) is 6.10 Å². The van der Waals surface area contributed by atoms with E-state index in [-0.39, 0.29) is 12.0 Å². The number of carbonyl (C=O) groups is 4. The molecule has 0 aromatic carbocycles. The van der Waals surface area contributed by atoms with E-state index in [4.69, 9.17) is 19.0 Å². The number of nitrogens with zero attached hydrogens (tertiary/aromatic N) is 1. The second kappa shape index (κ2) is 8.44. The molecule has 9 heteroatoms. The summed E-state index contributed by atoms with van der Waals surface area (Å²) in [4.78, 5) is 51.1. The van der Waals surface area contributed by atoms with Gasteiger partial charge in [-0.1, -0.05) is 0 Å². The maximum atomic E-state index is 12.3. The van der Waals surface area contributed by atoms with Gasteiger partial charge >= 0.3 is 17.9 Å². The van der Waals surface area contributed by atoms with Crippen LogP contribution in [0.25, 0.3) is 0 Å². The van der Waals surface area contributed by atoms with Crippen LogP contribution in [0.2, 0.25) is 0 Å². The van der Waals surface area contributed by atoms with Crippen molar-refractivity contribution in [2.75, 3.05) is 14.2 Å². The first-order chi connectivity index (χ1) is 11.1. The highest BCUT2D eigenvalue weighted by atomic mass is 16.7. The Hall–Kier alpha value is -2.42. The lowest BCUT2D eigenvalue weighted by molar-refractivity contribution is -0.182. The van der Waals surface area contributed by atoms with Crippen LogP contribution >= 0.6 is 0 Å². The lowest BCUT2D eigenvalue weighted by atomic mass is 9.91. The van der Waals surface area contributed by atoms with Gasteiger partial charge < -0.3 is 14.2 Å². The molecule has 1 aliphatic rings. The summed E-state index contributed by atoms with van der Waals surface area (Å²) in [5.74, 6) is -2.38. The van der Waals surface area contributed by atoms with Crippen LogP contribution in [0.4, 0.5) is 0 Å². The third-order valence-corrected chi connectivity index (χ3v) is 3.23. The number of amides is 1. The molecule has 0 aromatic rings. The van der Waals surface area contributed by atoms with Crippen molar-refractivity contribution in [2.24, 2.45) is 0 Å². The second-order valence-electron chi connectivity index (χ2n) is 5.18. The molecule has 24 heavy (non-hydrogen) atoms. The fourth-order valence-electron chi connectivity index (χ4n) is 2.30. The van der Waals surface area contributed by atoms with Gasteiger partial charge in [-0.3, -0.25) is 24.0 Å². The third-order valence-electron chi connectivity index (χ3n) is 3.23. The Labute approximate surface area is 139 Å². The average molecular weight is 343 g/mol. The quantitative estimate of drug-likeness (QED) is 0.394. The average Bonchev–Trinajstić information content (AvgIpc) is 2.47. The molecule has 1 rings (SSSR count). The first-order valence-corrected chi connectivity index (χ1v) is 7.20. The summed E-state index contributed by atoms with van der Waals surface area (Å²) >= 11 is 0. The molecular weight excluding hydrogens is 322 g/mol. The van der Waals surface area contributed by atoms with Crippen molar-refractivity contribution in [1.29, 1.82) is 0 Å². The molecule has 0 saturated heterocycles. The van der Waals surface area contributed by atoms with Crippen molar-refractivity contribution < 1.29 is 38.2 Å². The van der Waals surface area contributed by atoms with E-state index in [1.54, 1.807) is 0 Å². The molecule has 134 valence electrons. The Morgan fingerprint density at radius 1 is 1.00 bits per heavy atom. The van der Waals surface area contributed by atoms with E-state index in [9.17, 15) is 19.2 Å². The van der Waals surface area contributed by atoms with Gasteiger partial charge in [-0.05, 0) is 6.08 Å². The van der Waals surface area contributed by atoms with Crippen molar-refractivity contribution in [3.8, 4) is 0 Å². The molecule has 0 unspecified atom stereocenters. The number of carbonyl (C=O) groups excluding carboxylic acids is 4. The van der Waals surface area contributed by atoms with Gasteiger partial charge in [-0.15, -0.1) is 0 Å². The number of rotatable bonds is 5. The smallest absolute Gasteiger partial charge is 0.303 e. The molecule has 1 aliphatic carbocycles. The summed E-state index contributed by atoms with van der Waals surface area (Å²) in [7, 11) is 2.72. The summed E-state index contributed by atoms with van der Waals surface area (Å²) < 4.78 is 15.4. The number of hydrogen-bond donors (Lipinski definition) is 0. The largest absolute Gasteiger partial charge is 0.458 e. The lowest BCUT2D eigenvalue weighted by Crippen LogP contribution is -2.48. The molecule has 0 radical (unpaired) electrons. The first-order valence-electron chi connectivity index (χ1n) is 7.20. The van der Waals surface area contributed by atoms with Crippen molar-refractivity contribution in [3.63, 3.8) is 0 Å². The highest BCUT2D eigenvalue weighted by molar-refractivity contribution is 5.93. The molecule has 3 atom stereocenters. The predicted molar refractivity (Wildman–Crippen MR) is 79.1 cm³/mol. The number of hydroxylamine groups is 2. The van der Waals surface area contributed by atoms with Crippen LogP contribution in [0.5, 0.6) is 0 Å². The van der Waals surface area contributed by atoms with E-state index in [1.165, 1.54) is 41.0 Å². The standard InChI is InChI=1S/C15H21NO8/c1-8(17)22-12-6-11(15(20)16(4)21-5)7-13(23-9(2)18)14(12)24-10(3)19/h6,12-14H,7H2,1-5H3/t12-,13-,14+/m1/s1. The Kier molecular flexibility index (Phi) is 6.90. The van der Waals surface area contributed by atoms with Gasteiger partial charge in [-0.2, -0.15) is 0 Å². The molecule has 0 aliphatic heterocycles. The van der Waals surface area contributed by atoms with Crippen LogP contribution in [-0.2, 0) is 38.2 Å². The zero-order chi connectivity index (χ0) is 18.4. The van der Waals surface area contributed by atoms with Crippen molar-refractivity contribution in [3.05, 3.63) is 11.6 Å². The maximum absolute atomic E-state index is 12.3. The van der Waals surface area contributed by atoms with Crippen molar-refractivity contribution >= 4 is 23.8 Å². The molecule has 0 fully saturated rings. The van der Waals surface area contributed by atoms with E-state index >= 15 is 0 Å². The summed E-state index contributed by atoms with van der Waals surface area (Å²) in [5.41, 5.74) is 0.209. The van der Waals surface area contributed by atoms with E-state index in [1.807, 2.05) is 0 Å². The minimum Gasteiger partial charge on any atom is -0.458 e. The van der Waals surface area contributed by atoms with Crippen LogP contribution < -0.4 is 0 Å². The van der Waals surface area contributed by atoms with E-state index in [0.717, 1.165) is 5.06 Å². The topological polar surface area (TPSA) is 108 Å². The van der Waals surface area contributed by atoms with Gasteiger partial charge in [0, 0.05) is 39.8 Å². The summed E-state index contributed by atoms with van der Waals surface area (Å²) in [6.45, 7) is 3.54. The van der Waals surface area contributed by atoms with E-state index in [0.29, 0.717) is 0 Å². The lowest BCUT2D eigenvalue weighted by Gasteiger charge is -2.35. The molecule has 0 aromatic heterocycles. The monoisotopic (exact) mass is 343 g/mol. The molecule has 0 bridgehead atoms. The Morgan fingerprint density at radius 3 is 2.00 bits per heavy atom. The Balaban J connectivity index is 3.20. The molecular formula is C15H21NO8. The Morgan fingerprint density at radius 2 is 1.54 bits per heavy atom. The minimum atomic E-state index is -1.06. The summed E-state index contributed by atoms with van der Waals surface area (Å²) in [5, 5.41) is 0.980. The van der Waals surface area contributed by atoms with Crippen molar-refractivity contribution in [1.82, 2.24) is 5.06 Å². The predicted octanol–water partition coefficient (Wildman–Crippen LogP) is 0.131. The van der Waals surface area contributed by atoms with Gasteiger partial charge in [0.05, 0.1) is 7.11 Å². The molecule has 0 saturated carbocycles. The van der Waals surface area contributed by atoms with Gasteiger partial charge in [0.2, 0.25) is 0 Å². The van der Waals surface area contributed by atoms with Crippen LogP contribution in [0, 0.1) is 0 Å². The molecule has 0 heterocycles. The molecule has 0 spiro atoms. The van der Waals surface area contributed by atoms with Crippen molar-refractivity contribution in [2.45, 2.75) is 45.5 Å². The first kappa shape index (κ1) is 19.6. The zero-order valence-corrected chi connectivity index (χ0v) is 14.2. The summed E-state index contributed by atoms with van der Waals surface area (Å²) in [6.07, 6.45) is -1.72. The fourth-order valence-corrected chi connectivity index (χ4v) is 2.30. The van der Waals surface area contributed by atoms with E-state index in [2.05, 4.69) is 0 Å². The highest BCUT2D eigenvalue weighted by Crippen LogP contribution is 2.28. The van der Waals surface area contributed by atoms with Crippen LogP contribution in [0.1, 0.15) is 27.2 Å². The second-order valence-corrected chi connectivity index (χ2v) is 5.18. The molecule has 9 nitrogen and oxygen atoms in total. The van der Waals surface area contributed by atoms with Gasteiger partial charge in [-0.25, -0.2) is 5.06 Å².